The second-order valence-corrected chi connectivity index (χ2v) is 3.07. The van der Waals surface area contributed by atoms with Gasteiger partial charge in [0.2, 0.25) is 0 Å². The van der Waals surface area contributed by atoms with Gasteiger partial charge >= 0.3 is 0 Å². The van der Waals surface area contributed by atoms with Crippen molar-refractivity contribution >= 4 is 5.78 Å². The number of carbonyl (C=O) groups excluding carboxylic acids is 1. The fourth-order valence-electron chi connectivity index (χ4n) is 0.896. The molecule has 70 valence electrons. The molecule has 0 N–H and O–H groups in total. The van der Waals surface area contributed by atoms with Gasteiger partial charge in [0, 0.05) is 25.4 Å². The second kappa shape index (κ2) is 4.67. The summed E-state index contributed by atoms with van der Waals surface area (Å²) < 4.78 is 0. The Morgan fingerprint density at radius 2 is 2.23 bits per heavy atom. The summed E-state index contributed by atoms with van der Waals surface area (Å²) in [6.07, 6.45) is 5.08. The van der Waals surface area contributed by atoms with Crippen molar-refractivity contribution in [3.63, 3.8) is 0 Å². The van der Waals surface area contributed by atoms with Gasteiger partial charge in [0.15, 0.2) is 5.78 Å². The highest BCUT2D eigenvalue weighted by atomic mass is 16.1. The number of nitrogens with zero attached hydrogens (tertiary/aromatic N) is 3. The van der Waals surface area contributed by atoms with Crippen molar-refractivity contribution in [3.8, 4) is 0 Å². The maximum Gasteiger partial charge on any atom is 0.184 e. The number of Topliss-reactive ketones (excluding diaryl/α,β-unsaturated/α-hetero) is 1. The molecule has 0 radical (unpaired) electrons. The third kappa shape index (κ3) is 3.29. The molecule has 0 saturated carbocycles. The number of hydrogen-bond acceptors (Lipinski definition) is 4. The van der Waals surface area contributed by atoms with Gasteiger partial charge in [0.05, 0.1) is 6.20 Å². The predicted octanol–water partition coefficient (Wildman–Crippen LogP) is 0.611. The third-order valence-corrected chi connectivity index (χ3v) is 1.63. The largest absolute Gasteiger partial charge is 0.309 e. The molecule has 1 rings (SSSR count). The minimum atomic E-state index is 0.0433. The molecule has 0 aliphatic carbocycles. The lowest BCUT2D eigenvalue weighted by atomic mass is 10.2. The Kier molecular flexibility index (Phi) is 3.52. The first-order valence-electron chi connectivity index (χ1n) is 4.14. The lowest BCUT2D eigenvalue weighted by molar-refractivity contribution is 0.0967. The maximum atomic E-state index is 11.4. The van der Waals surface area contributed by atoms with Crippen LogP contribution in [0, 0.1) is 0 Å². The predicted molar refractivity (Wildman–Crippen MR) is 49.5 cm³/mol. The number of hydrogen-bond donors (Lipinski definition) is 0. The summed E-state index contributed by atoms with van der Waals surface area (Å²) in [6.45, 7) is 0.745. The molecule has 1 aromatic rings. The zero-order chi connectivity index (χ0) is 9.68. The van der Waals surface area contributed by atoms with E-state index in [-0.39, 0.29) is 5.78 Å². The lowest BCUT2D eigenvalue weighted by Crippen LogP contribution is -2.17. The number of aromatic nitrogens is 2. The van der Waals surface area contributed by atoms with Gasteiger partial charge in [-0.25, -0.2) is 4.98 Å². The summed E-state index contributed by atoms with van der Waals surface area (Å²) in [7, 11) is 3.87. The van der Waals surface area contributed by atoms with Crippen molar-refractivity contribution in [1.82, 2.24) is 14.9 Å². The Morgan fingerprint density at radius 1 is 1.46 bits per heavy atom. The average Bonchev–Trinajstić information content (AvgIpc) is 2.15. The van der Waals surface area contributed by atoms with Crippen molar-refractivity contribution in [1.29, 1.82) is 0 Å². The summed E-state index contributed by atoms with van der Waals surface area (Å²) in [4.78, 5) is 21.1. The van der Waals surface area contributed by atoms with E-state index in [1.165, 1.54) is 12.4 Å². The molecule has 0 fully saturated rings. The van der Waals surface area contributed by atoms with Crippen LogP contribution in [0.1, 0.15) is 16.9 Å². The fourth-order valence-corrected chi connectivity index (χ4v) is 0.896. The van der Waals surface area contributed by atoms with Gasteiger partial charge < -0.3 is 4.90 Å². The fraction of sp³-hybridized carbons (Fsp3) is 0.444. The van der Waals surface area contributed by atoms with Crippen LogP contribution in [0.5, 0.6) is 0 Å². The monoisotopic (exact) mass is 179 g/mol. The summed E-state index contributed by atoms with van der Waals surface area (Å²) in [5.74, 6) is 0.0433. The molecule has 0 aliphatic heterocycles. The van der Waals surface area contributed by atoms with Crippen LogP contribution in [0.15, 0.2) is 18.6 Å². The highest BCUT2D eigenvalue weighted by Gasteiger charge is 2.06. The van der Waals surface area contributed by atoms with Crippen LogP contribution in [0.2, 0.25) is 0 Å². The third-order valence-electron chi connectivity index (χ3n) is 1.63. The Morgan fingerprint density at radius 3 is 2.77 bits per heavy atom. The van der Waals surface area contributed by atoms with Gasteiger partial charge in [-0.1, -0.05) is 0 Å². The number of carbonyl (C=O) groups is 1. The molecule has 0 aliphatic rings. The van der Waals surface area contributed by atoms with Crippen LogP contribution in [0.25, 0.3) is 0 Å². The van der Waals surface area contributed by atoms with Crippen molar-refractivity contribution in [2.75, 3.05) is 20.6 Å². The minimum Gasteiger partial charge on any atom is -0.309 e. The number of rotatable bonds is 4. The van der Waals surface area contributed by atoms with E-state index in [9.17, 15) is 4.79 Å². The molecule has 1 heterocycles. The van der Waals surface area contributed by atoms with Crippen LogP contribution >= 0.6 is 0 Å². The normalized spacial score (nSPS) is 10.4. The van der Waals surface area contributed by atoms with Gasteiger partial charge in [0.1, 0.15) is 5.69 Å². The first-order valence-corrected chi connectivity index (χ1v) is 4.14. The smallest absolute Gasteiger partial charge is 0.184 e. The molecule has 4 heteroatoms. The Labute approximate surface area is 77.6 Å². The van der Waals surface area contributed by atoms with E-state index in [0.29, 0.717) is 12.1 Å². The zero-order valence-electron chi connectivity index (χ0n) is 7.90. The molecule has 0 spiro atoms. The first-order chi connectivity index (χ1) is 6.20. The van der Waals surface area contributed by atoms with Crippen molar-refractivity contribution < 1.29 is 4.79 Å². The van der Waals surface area contributed by atoms with E-state index in [2.05, 4.69) is 9.97 Å². The molecule has 1 aromatic heterocycles. The van der Waals surface area contributed by atoms with Gasteiger partial charge in [-0.3, -0.25) is 9.78 Å². The molecule has 13 heavy (non-hydrogen) atoms. The molecule has 0 amide bonds. The summed E-state index contributed by atoms with van der Waals surface area (Å²) in [6, 6.07) is 0. The van der Waals surface area contributed by atoms with E-state index in [4.69, 9.17) is 0 Å². The van der Waals surface area contributed by atoms with E-state index >= 15 is 0 Å². The van der Waals surface area contributed by atoms with E-state index in [1.807, 2.05) is 19.0 Å². The molecule has 0 aromatic carbocycles. The van der Waals surface area contributed by atoms with Crippen molar-refractivity contribution in [2.45, 2.75) is 6.42 Å². The van der Waals surface area contributed by atoms with E-state index in [1.54, 1.807) is 6.20 Å². The molecule has 0 atom stereocenters. The van der Waals surface area contributed by atoms with E-state index in [0.717, 1.165) is 6.54 Å². The highest BCUT2D eigenvalue weighted by molar-refractivity contribution is 5.93. The average molecular weight is 179 g/mol. The Hall–Kier alpha value is -1.29. The van der Waals surface area contributed by atoms with Gasteiger partial charge in [-0.2, -0.15) is 0 Å². The second-order valence-electron chi connectivity index (χ2n) is 3.07. The topological polar surface area (TPSA) is 46.1 Å². The molecule has 4 nitrogen and oxygen atoms in total. The van der Waals surface area contributed by atoms with E-state index < -0.39 is 0 Å². The molecule has 0 saturated heterocycles. The summed E-state index contributed by atoms with van der Waals surface area (Å²) in [5.41, 5.74) is 0.448. The Bertz CT molecular complexity index is 271. The summed E-state index contributed by atoms with van der Waals surface area (Å²) >= 11 is 0. The summed E-state index contributed by atoms with van der Waals surface area (Å²) in [5, 5.41) is 0. The van der Waals surface area contributed by atoms with Crippen LogP contribution in [-0.4, -0.2) is 41.3 Å². The first kappa shape index (κ1) is 9.80. The molecular formula is C9H13N3O. The van der Waals surface area contributed by atoms with Crippen LogP contribution in [0.3, 0.4) is 0 Å². The maximum absolute atomic E-state index is 11.4. The minimum absolute atomic E-state index is 0.0433. The molecular weight excluding hydrogens is 166 g/mol. The molecule has 0 unspecified atom stereocenters. The molecule has 0 bridgehead atoms. The zero-order valence-corrected chi connectivity index (χ0v) is 7.90. The van der Waals surface area contributed by atoms with Crippen molar-refractivity contribution in [2.24, 2.45) is 0 Å². The van der Waals surface area contributed by atoms with Gasteiger partial charge in [-0.05, 0) is 14.1 Å². The van der Waals surface area contributed by atoms with Gasteiger partial charge in [-0.15, -0.1) is 0 Å². The van der Waals surface area contributed by atoms with Crippen LogP contribution in [-0.2, 0) is 0 Å². The number of ketones is 1. The quantitative estimate of drug-likeness (QED) is 0.635. The standard InChI is InChI=1S/C9H13N3O/c1-12(2)6-3-9(13)8-7-10-4-5-11-8/h4-5,7H,3,6H2,1-2H3. The van der Waals surface area contributed by atoms with Gasteiger partial charge in [0.25, 0.3) is 0 Å². The highest BCUT2D eigenvalue weighted by Crippen LogP contribution is 1.97. The lowest BCUT2D eigenvalue weighted by Gasteiger charge is -2.07. The van der Waals surface area contributed by atoms with Crippen LogP contribution < -0.4 is 0 Å². The SMILES string of the molecule is CN(C)CCC(=O)c1cnccn1. The Balaban J connectivity index is 2.50. The van der Waals surface area contributed by atoms with Crippen LogP contribution in [0.4, 0.5) is 0 Å². The van der Waals surface area contributed by atoms with Crippen molar-refractivity contribution in [3.05, 3.63) is 24.3 Å².